The fraction of sp³-hybridized carbons (Fsp3) is 0.714. The van der Waals surface area contributed by atoms with Crippen LogP contribution in [0.2, 0.25) is 0 Å². The van der Waals surface area contributed by atoms with Gasteiger partial charge in [-0.15, -0.1) is 0 Å². The van der Waals surface area contributed by atoms with Gasteiger partial charge in [-0.3, -0.25) is 0 Å². The van der Waals surface area contributed by atoms with Gasteiger partial charge in [-0.1, -0.05) is 0 Å². The maximum absolute atomic E-state index is 5.71. The van der Waals surface area contributed by atoms with Crippen LogP contribution in [0.15, 0.2) is 0 Å². The molecule has 1 aromatic rings. The Labute approximate surface area is 120 Å². The number of anilines is 1. The Hall–Kier alpha value is -1.40. The molecule has 1 aromatic heterocycles. The molecule has 6 heteroatoms. The summed E-state index contributed by atoms with van der Waals surface area (Å²) in [6, 6.07) is 0. The van der Waals surface area contributed by atoms with Gasteiger partial charge in [0.2, 0.25) is 5.88 Å². The quantitative estimate of drug-likeness (QED) is 0.662. The fourth-order valence-electron chi connectivity index (χ4n) is 1.66. The lowest BCUT2D eigenvalue weighted by Gasteiger charge is -2.12. The lowest BCUT2D eigenvalue weighted by atomic mass is 10.3. The summed E-state index contributed by atoms with van der Waals surface area (Å²) >= 11 is 0. The van der Waals surface area contributed by atoms with Crippen LogP contribution >= 0.6 is 0 Å². The third kappa shape index (κ3) is 5.71. The number of nitrogens with one attached hydrogen (secondary N) is 1. The van der Waals surface area contributed by atoms with Crippen LogP contribution in [0, 0.1) is 13.8 Å². The molecule has 1 heterocycles. The van der Waals surface area contributed by atoms with Crippen LogP contribution < -0.4 is 10.1 Å². The molecule has 0 spiro atoms. The zero-order chi connectivity index (χ0) is 14.8. The second-order valence-electron chi connectivity index (χ2n) is 4.39. The van der Waals surface area contributed by atoms with Gasteiger partial charge in [0.15, 0.2) is 0 Å². The topological polar surface area (TPSA) is 65.5 Å². The summed E-state index contributed by atoms with van der Waals surface area (Å²) in [6.45, 7) is 9.16. The van der Waals surface area contributed by atoms with Crippen molar-refractivity contribution in [2.45, 2.75) is 27.2 Å². The average Bonchev–Trinajstić information content (AvgIpc) is 2.43. The Kier molecular flexibility index (Phi) is 7.91. The molecule has 6 nitrogen and oxygen atoms in total. The average molecular weight is 283 g/mol. The van der Waals surface area contributed by atoms with Crippen LogP contribution in [-0.2, 0) is 9.47 Å². The summed E-state index contributed by atoms with van der Waals surface area (Å²) in [5.41, 5.74) is 0.942. The number of rotatable bonds is 10. The van der Waals surface area contributed by atoms with Gasteiger partial charge in [0, 0.05) is 26.7 Å². The molecule has 0 saturated heterocycles. The molecule has 0 saturated carbocycles. The lowest BCUT2D eigenvalue weighted by molar-refractivity contribution is 0.0641. The van der Waals surface area contributed by atoms with E-state index in [1.54, 1.807) is 7.11 Å². The maximum Gasteiger partial charge on any atom is 0.221 e. The third-order valence-electron chi connectivity index (χ3n) is 2.66. The minimum Gasteiger partial charge on any atom is -0.477 e. The van der Waals surface area contributed by atoms with E-state index in [0.717, 1.165) is 24.3 Å². The summed E-state index contributed by atoms with van der Waals surface area (Å²) in [7, 11) is 1.66. The van der Waals surface area contributed by atoms with E-state index in [1.807, 2.05) is 20.8 Å². The van der Waals surface area contributed by atoms with Gasteiger partial charge in [0.1, 0.15) is 11.6 Å². The van der Waals surface area contributed by atoms with Crippen LogP contribution in [0.5, 0.6) is 5.88 Å². The minimum atomic E-state index is 0.579. The number of hydrogen-bond donors (Lipinski definition) is 1. The van der Waals surface area contributed by atoms with Crippen molar-refractivity contribution >= 4 is 5.82 Å². The Morgan fingerprint density at radius 3 is 2.55 bits per heavy atom. The van der Waals surface area contributed by atoms with E-state index in [4.69, 9.17) is 14.2 Å². The van der Waals surface area contributed by atoms with Gasteiger partial charge in [0.25, 0.3) is 0 Å². The zero-order valence-corrected chi connectivity index (χ0v) is 12.9. The van der Waals surface area contributed by atoms with Gasteiger partial charge in [-0.05, 0) is 20.8 Å². The SMILES string of the molecule is CCNc1nc(C)nc(OCCCOCCOC)c1C. The minimum absolute atomic E-state index is 0.579. The molecule has 0 aliphatic rings. The van der Waals surface area contributed by atoms with Crippen LogP contribution in [0.4, 0.5) is 5.82 Å². The van der Waals surface area contributed by atoms with Crippen molar-refractivity contribution < 1.29 is 14.2 Å². The third-order valence-corrected chi connectivity index (χ3v) is 2.66. The summed E-state index contributed by atoms with van der Waals surface area (Å²) in [4.78, 5) is 8.69. The highest BCUT2D eigenvalue weighted by Gasteiger charge is 2.09. The van der Waals surface area contributed by atoms with Crippen molar-refractivity contribution in [2.24, 2.45) is 0 Å². The fourth-order valence-corrected chi connectivity index (χ4v) is 1.66. The van der Waals surface area contributed by atoms with Crippen molar-refractivity contribution in [2.75, 3.05) is 45.4 Å². The summed E-state index contributed by atoms with van der Waals surface area (Å²) in [6.07, 6.45) is 0.822. The van der Waals surface area contributed by atoms with Crippen LogP contribution in [-0.4, -0.2) is 50.1 Å². The Balaban J connectivity index is 2.39. The molecule has 0 aromatic carbocycles. The predicted octanol–water partition coefficient (Wildman–Crippen LogP) is 1.96. The van der Waals surface area contributed by atoms with Gasteiger partial charge in [-0.25, -0.2) is 4.98 Å². The standard InChI is InChI=1S/C14H25N3O3/c1-5-15-13-11(2)14(17-12(3)16-13)20-8-6-7-19-10-9-18-4/h5-10H2,1-4H3,(H,15,16,17). The molecule has 0 atom stereocenters. The van der Waals surface area contributed by atoms with Crippen LogP contribution in [0.3, 0.4) is 0 Å². The molecule has 20 heavy (non-hydrogen) atoms. The first-order valence-electron chi connectivity index (χ1n) is 6.97. The highest BCUT2D eigenvalue weighted by molar-refractivity contribution is 5.48. The van der Waals surface area contributed by atoms with Gasteiger partial charge >= 0.3 is 0 Å². The van der Waals surface area contributed by atoms with E-state index < -0.39 is 0 Å². The number of hydrogen-bond acceptors (Lipinski definition) is 6. The zero-order valence-electron chi connectivity index (χ0n) is 12.9. The molecule has 1 N–H and O–H groups in total. The van der Waals surface area contributed by atoms with Crippen molar-refractivity contribution in [3.05, 3.63) is 11.4 Å². The van der Waals surface area contributed by atoms with Crippen LogP contribution in [0.1, 0.15) is 24.7 Å². The molecule has 0 unspecified atom stereocenters. The molecule has 0 fully saturated rings. The normalized spacial score (nSPS) is 10.6. The van der Waals surface area contributed by atoms with Gasteiger partial charge in [0.05, 0.1) is 25.4 Å². The first-order chi connectivity index (χ1) is 9.69. The van der Waals surface area contributed by atoms with E-state index in [2.05, 4.69) is 15.3 Å². The number of methoxy groups -OCH3 is 1. The van der Waals surface area contributed by atoms with Crippen molar-refractivity contribution in [3.63, 3.8) is 0 Å². The molecule has 0 radical (unpaired) electrons. The molecule has 114 valence electrons. The molecule has 0 aliphatic heterocycles. The smallest absolute Gasteiger partial charge is 0.221 e. The van der Waals surface area contributed by atoms with Gasteiger partial charge < -0.3 is 19.5 Å². The van der Waals surface area contributed by atoms with E-state index in [1.165, 1.54) is 0 Å². The van der Waals surface area contributed by atoms with E-state index in [9.17, 15) is 0 Å². The molecule has 0 amide bonds. The number of aryl methyl sites for hydroxylation is 1. The van der Waals surface area contributed by atoms with E-state index in [0.29, 0.717) is 38.1 Å². The predicted molar refractivity (Wildman–Crippen MR) is 78.5 cm³/mol. The first kappa shape index (κ1) is 16.7. The largest absolute Gasteiger partial charge is 0.477 e. The van der Waals surface area contributed by atoms with E-state index >= 15 is 0 Å². The second kappa shape index (κ2) is 9.50. The maximum atomic E-state index is 5.71. The molecule has 0 aliphatic carbocycles. The lowest BCUT2D eigenvalue weighted by Crippen LogP contribution is -2.10. The summed E-state index contributed by atoms with van der Waals surface area (Å²) in [5.74, 6) is 2.19. The monoisotopic (exact) mass is 283 g/mol. The molecule has 0 bridgehead atoms. The van der Waals surface area contributed by atoms with Gasteiger partial charge in [-0.2, -0.15) is 4.98 Å². The molecular formula is C14H25N3O3. The molecule has 1 rings (SSSR count). The van der Waals surface area contributed by atoms with Crippen LogP contribution in [0.25, 0.3) is 0 Å². The summed E-state index contributed by atoms with van der Waals surface area (Å²) in [5, 5.41) is 3.21. The van der Waals surface area contributed by atoms with Crippen molar-refractivity contribution in [1.82, 2.24) is 9.97 Å². The first-order valence-corrected chi connectivity index (χ1v) is 6.97. The summed E-state index contributed by atoms with van der Waals surface area (Å²) < 4.78 is 16.0. The second-order valence-corrected chi connectivity index (χ2v) is 4.39. The highest BCUT2D eigenvalue weighted by Crippen LogP contribution is 2.21. The number of aromatic nitrogens is 2. The van der Waals surface area contributed by atoms with Crippen molar-refractivity contribution in [1.29, 1.82) is 0 Å². The number of nitrogens with zero attached hydrogens (tertiary/aromatic N) is 2. The van der Waals surface area contributed by atoms with Crippen molar-refractivity contribution in [3.8, 4) is 5.88 Å². The highest BCUT2D eigenvalue weighted by atomic mass is 16.5. The Bertz CT molecular complexity index is 399. The van der Waals surface area contributed by atoms with E-state index in [-0.39, 0.29) is 0 Å². The number of ether oxygens (including phenoxy) is 3. The Morgan fingerprint density at radius 2 is 1.85 bits per heavy atom. The molecular weight excluding hydrogens is 258 g/mol. The Morgan fingerprint density at radius 1 is 1.05 bits per heavy atom.